The van der Waals surface area contributed by atoms with Gasteiger partial charge in [0.15, 0.2) is 0 Å². The average molecular weight is 283 g/mol. The minimum atomic E-state index is 0.275. The van der Waals surface area contributed by atoms with Crippen LogP contribution in [-0.4, -0.2) is 14.5 Å². The first-order valence-electron chi connectivity index (χ1n) is 6.19. The Morgan fingerprint density at radius 3 is 2.90 bits per heavy atom. The zero-order valence-corrected chi connectivity index (χ0v) is 11.4. The molecule has 0 aliphatic rings. The Kier molecular flexibility index (Phi) is 3.36. The highest BCUT2D eigenvalue weighted by atomic mass is 35.5. The molecular formula is C15H11ClN4. The molecule has 0 atom stereocenters. The van der Waals surface area contributed by atoms with Gasteiger partial charge in [-0.1, -0.05) is 23.7 Å². The van der Waals surface area contributed by atoms with Gasteiger partial charge in [0.05, 0.1) is 35.1 Å². The van der Waals surface area contributed by atoms with Crippen molar-refractivity contribution in [2.24, 2.45) is 0 Å². The van der Waals surface area contributed by atoms with E-state index in [0.29, 0.717) is 11.6 Å². The monoisotopic (exact) mass is 282 g/mol. The lowest BCUT2D eigenvalue weighted by Crippen LogP contribution is -2.05. The largest absolute Gasteiger partial charge is 0.323 e. The van der Waals surface area contributed by atoms with E-state index in [1.807, 2.05) is 34.9 Å². The van der Waals surface area contributed by atoms with Gasteiger partial charge in [0.1, 0.15) is 5.82 Å². The molecule has 0 N–H and O–H groups in total. The number of pyridine rings is 1. The molecule has 0 radical (unpaired) electrons. The summed E-state index contributed by atoms with van der Waals surface area (Å²) in [5, 5.41) is 9.57. The number of benzene rings is 1. The molecule has 4 nitrogen and oxygen atoms in total. The summed E-state index contributed by atoms with van der Waals surface area (Å²) >= 11 is 6.16. The van der Waals surface area contributed by atoms with Crippen LogP contribution in [0.1, 0.15) is 11.4 Å². The van der Waals surface area contributed by atoms with Crippen LogP contribution in [0.2, 0.25) is 5.02 Å². The normalized spacial score (nSPS) is 10.6. The summed E-state index contributed by atoms with van der Waals surface area (Å²) in [5.74, 6) is 0.751. The molecule has 0 spiro atoms. The average Bonchev–Trinajstić information content (AvgIpc) is 2.80. The lowest BCUT2D eigenvalue weighted by molar-refractivity contribution is 0.768. The number of rotatable bonds is 3. The van der Waals surface area contributed by atoms with E-state index in [4.69, 9.17) is 16.9 Å². The first-order chi connectivity index (χ1) is 9.79. The number of nitriles is 1. The summed E-state index contributed by atoms with van der Waals surface area (Å²) in [6, 6.07) is 11.9. The Morgan fingerprint density at radius 1 is 1.25 bits per heavy atom. The van der Waals surface area contributed by atoms with Crippen LogP contribution in [0.25, 0.3) is 11.0 Å². The van der Waals surface area contributed by atoms with Crippen molar-refractivity contribution in [3.63, 3.8) is 0 Å². The third-order valence-corrected chi connectivity index (χ3v) is 3.50. The van der Waals surface area contributed by atoms with E-state index in [-0.39, 0.29) is 6.42 Å². The van der Waals surface area contributed by atoms with Gasteiger partial charge in [-0.25, -0.2) is 4.98 Å². The van der Waals surface area contributed by atoms with Crippen LogP contribution in [0.5, 0.6) is 0 Å². The topological polar surface area (TPSA) is 54.5 Å². The standard InChI is InChI=1S/C15H11ClN4/c16-12-9-18-8-6-11(12)10-20-14-4-2-1-3-13(14)19-15(20)5-7-17/h1-4,6,8-9H,5,10H2. The molecular weight excluding hydrogens is 272 g/mol. The number of fused-ring (bicyclic) bond motifs is 1. The predicted molar refractivity (Wildman–Crippen MR) is 77.4 cm³/mol. The maximum absolute atomic E-state index is 8.95. The number of nitrogens with zero attached hydrogens (tertiary/aromatic N) is 4. The van der Waals surface area contributed by atoms with Crippen LogP contribution >= 0.6 is 11.6 Å². The van der Waals surface area contributed by atoms with Crippen LogP contribution in [0, 0.1) is 11.3 Å². The Hall–Kier alpha value is -2.38. The molecule has 5 heteroatoms. The van der Waals surface area contributed by atoms with E-state index in [9.17, 15) is 0 Å². The lowest BCUT2D eigenvalue weighted by Gasteiger charge is -2.09. The van der Waals surface area contributed by atoms with Gasteiger partial charge in [-0.05, 0) is 23.8 Å². The molecule has 0 amide bonds. The zero-order chi connectivity index (χ0) is 13.9. The molecule has 0 saturated heterocycles. The molecule has 0 aliphatic carbocycles. The Bertz CT molecular complexity index is 801. The van der Waals surface area contributed by atoms with Crippen molar-refractivity contribution in [3.05, 3.63) is 59.1 Å². The van der Waals surface area contributed by atoms with E-state index in [0.717, 1.165) is 22.4 Å². The van der Waals surface area contributed by atoms with Gasteiger partial charge in [0, 0.05) is 12.4 Å². The van der Waals surface area contributed by atoms with Gasteiger partial charge >= 0.3 is 0 Å². The zero-order valence-electron chi connectivity index (χ0n) is 10.6. The maximum Gasteiger partial charge on any atom is 0.124 e. The van der Waals surface area contributed by atoms with Crippen molar-refractivity contribution >= 4 is 22.6 Å². The molecule has 0 aliphatic heterocycles. The molecule has 3 rings (SSSR count). The number of para-hydroxylation sites is 2. The highest BCUT2D eigenvalue weighted by Crippen LogP contribution is 2.21. The summed E-state index contributed by atoms with van der Waals surface area (Å²) in [4.78, 5) is 8.50. The predicted octanol–water partition coefficient (Wildman–Crippen LogP) is 3.20. The lowest BCUT2D eigenvalue weighted by atomic mass is 10.2. The minimum absolute atomic E-state index is 0.275. The minimum Gasteiger partial charge on any atom is -0.323 e. The molecule has 0 unspecified atom stereocenters. The Labute approximate surface area is 121 Å². The third-order valence-electron chi connectivity index (χ3n) is 3.16. The van der Waals surface area contributed by atoms with Crippen LogP contribution in [0.3, 0.4) is 0 Å². The highest BCUT2D eigenvalue weighted by molar-refractivity contribution is 6.31. The molecule has 98 valence electrons. The second-order valence-corrected chi connectivity index (χ2v) is 4.81. The fraction of sp³-hybridized carbons (Fsp3) is 0.133. The number of imidazole rings is 1. The number of hydrogen-bond acceptors (Lipinski definition) is 3. The molecule has 0 bridgehead atoms. The van der Waals surface area contributed by atoms with E-state index < -0.39 is 0 Å². The van der Waals surface area contributed by atoms with Gasteiger partial charge in [0.2, 0.25) is 0 Å². The second kappa shape index (κ2) is 5.32. The van der Waals surface area contributed by atoms with Crippen molar-refractivity contribution in [3.8, 4) is 6.07 Å². The van der Waals surface area contributed by atoms with Gasteiger partial charge in [-0.2, -0.15) is 5.26 Å². The van der Waals surface area contributed by atoms with E-state index >= 15 is 0 Å². The van der Waals surface area contributed by atoms with Gasteiger partial charge in [-0.3, -0.25) is 4.98 Å². The molecule has 2 heterocycles. The number of halogens is 1. The first-order valence-corrected chi connectivity index (χ1v) is 6.57. The third kappa shape index (κ3) is 2.24. The van der Waals surface area contributed by atoms with E-state index in [2.05, 4.69) is 16.0 Å². The molecule has 0 fully saturated rings. The maximum atomic E-state index is 8.95. The molecule has 20 heavy (non-hydrogen) atoms. The Balaban J connectivity index is 2.12. The summed E-state index contributed by atoms with van der Waals surface area (Å²) in [5.41, 5.74) is 2.86. The first kappa shape index (κ1) is 12.6. The highest BCUT2D eigenvalue weighted by Gasteiger charge is 2.11. The van der Waals surface area contributed by atoms with Crippen LogP contribution < -0.4 is 0 Å². The van der Waals surface area contributed by atoms with Crippen molar-refractivity contribution < 1.29 is 0 Å². The van der Waals surface area contributed by atoms with Gasteiger partial charge in [-0.15, -0.1) is 0 Å². The van der Waals surface area contributed by atoms with Crippen molar-refractivity contribution in [2.75, 3.05) is 0 Å². The molecule has 1 aromatic carbocycles. The summed E-state index contributed by atoms with van der Waals surface area (Å²) in [7, 11) is 0. The Morgan fingerprint density at radius 2 is 2.10 bits per heavy atom. The SMILES string of the molecule is N#CCc1nc2ccccc2n1Cc1ccncc1Cl. The van der Waals surface area contributed by atoms with E-state index in [1.54, 1.807) is 12.4 Å². The smallest absolute Gasteiger partial charge is 0.124 e. The fourth-order valence-corrected chi connectivity index (χ4v) is 2.39. The van der Waals surface area contributed by atoms with Crippen LogP contribution in [0.4, 0.5) is 0 Å². The van der Waals surface area contributed by atoms with Gasteiger partial charge < -0.3 is 4.57 Å². The number of aromatic nitrogens is 3. The van der Waals surface area contributed by atoms with Crippen LogP contribution in [-0.2, 0) is 13.0 Å². The number of hydrogen-bond donors (Lipinski definition) is 0. The molecule has 3 aromatic rings. The summed E-state index contributed by atoms with van der Waals surface area (Å²) in [6.45, 7) is 0.582. The second-order valence-electron chi connectivity index (χ2n) is 4.40. The van der Waals surface area contributed by atoms with Crippen molar-refractivity contribution in [2.45, 2.75) is 13.0 Å². The van der Waals surface area contributed by atoms with E-state index in [1.165, 1.54) is 0 Å². The van der Waals surface area contributed by atoms with Crippen molar-refractivity contribution in [1.29, 1.82) is 5.26 Å². The van der Waals surface area contributed by atoms with Crippen molar-refractivity contribution in [1.82, 2.24) is 14.5 Å². The summed E-state index contributed by atoms with van der Waals surface area (Å²) < 4.78 is 2.03. The molecule has 2 aromatic heterocycles. The quantitative estimate of drug-likeness (QED) is 0.741. The molecule has 0 saturated carbocycles. The van der Waals surface area contributed by atoms with Crippen LogP contribution in [0.15, 0.2) is 42.7 Å². The fourth-order valence-electron chi connectivity index (χ4n) is 2.21. The van der Waals surface area contributed by atoms with Gasteiger partial charge in [0.25, 0.3) is 0 Å². The summed E-state index contributed by atoms with van der Waals surface area (Å²) in [6.07, 6.45) is 3.61.